The first-order chi connectivity index (χ1) is 16.7. The summed E-state index contributed by atoms with van der Waals surface area (Å²) in [7, 11) is 1.37. The van der Waals surface area contributed by atoms with Gasteiger partial charge in [0.05, 0.1) is 18.7 Å². The molecular weight excluding hydrogens is 466 g/mol. The molecule has 2 aromatic carbocycles. The number of H-pyrrole nitrogens is 1. The van der Waals surface area contributed by atoms with E-state index in [0.717, 1.165) is 27.2 Å². The fourth-order valence-corrected chi connectivity index (χ4v) is 3.22. The van der Waals surface area contributed by atoms with E-state index in [0.29, 0.717) is 6.07 Å². The minimum absolute atomic E-state index is 0.0143. The molecule has 0 fully saturated rings. The summed E-state index contributed by atoms with van der Waals surface area (Å²) in [5.74, 6) is -4.63. The van der Waals surface area contributed by atoms with E-state index in [2.05, 4.69) is 4.98 Å². The number of hydrogen-bond acceptors (Lipinski definition) is 7. The van der Waals surface area contributed by atoms with Crippen LogP contribution in [0, 0.1) is 11.6 Å². The third-order valence-corrected chi connectivity index (χ3v) is 4.97. The molecular formula is C23H22F2N4O6. The van der Waals surface area contributed by atoms with E-state index in [1.54, 1.807) is 30.3 Å². The van der Waals surface area contributed by atoms with Crippen molar-refractivity contribution < 1.29 is 27.8 Å². The Morgan fingerprint density at radius 1 is 1.09 bits per heavy atom. The largest absolute Gasteiger partial charge is 0.452 e. The molecule has 10 nitrogen and oxygen atoms in total. The monoisotopic (exact) mass is 488 g/mol. The van der Waals surface area contributed by atoms with Gasteiger partial charge in [0, 0.05) is 13.7 Å². The van der Waals surface area contributed by atoms with Gasteiger partial charge in [0.15, 0.2) is 23.9 Å². The summed E-state index contributed by atoms with van der Waals surface area (Å²) in [5.41, 5.74) is 4.53. The number of amides is 1. The number of aromatic amines is 1. The van der Waals surface area contributed by atoms with Crippen LogP contribution >= 0.6 is 0 Å². The molecule has 0 aliphatic heterocycles. The molecule has 35 heavy (non-hydrogen) atoms. The van der Waals surface area contributed by atoms with Crippen molar-refractivity contribution in [2.75, 3.05) is 37.5 Å². The van der Waals surface area contributed by atoms with Crippen LogP contribution < -0.4 is 21.9 Å². The average Bonchev–Trinajstić information content (AvgIpc) is 2.84. The minimum Gasteiger partial charge on any atom is -0.452 e. The lowest BCUT2D eigenvalue weighted by molar-refractivity contribution is -0.121. The Morgan fingerprint density at radius 3 is 2.46 bits per heavy atom. The van der Waals surface area contributed by atoms with Crippen LogP contribution in [0.25, 0.3) is 0 Å². The van der Waals surface area contributed by atoms with E-state index in [1.807, 2.05) is 0 Å². The Kier molecular flexibility index (Phi) is 8.10. The number of nitrogens with two attached hydrogens (primary N) is 1. The van der Waals surface area contributed by atoms with Gasteiger partial charge in [-0.25, -0.2) is 18.4 Å². The predicted molar refractivity (Wildman–Crippen MR) is 122 cm³/mol. The molecule has 3 N–H and O–H groups in total. The number of ether oxygens (including phenoxy) is 2. The highest BCUT2D eigenvalue weighted by atomic mass is 19.2. The van der Waals surface area contributed by atoms with Gasteiger partial charge in [0.2, 0.25) is 0 Å². The molecule has 0 atom stereocenters. The lowest BCUT2D eigenvalue weighted by atomic mass is 10.2. The van der Waals surface area contributed by atoms with Crippen LogP contribution in [0.15, 0.2) is 58.1 Å². The van der Waals surface area contributed by atoms with Gasteiger partial charge in [0.1, 0.15) is 5.82 Å². The molecule has 0 radical (unpaired) electrons. The number of methoxy groups -OCH3 is 1. The smallest absolute Gasteiger partial charge is 0.338 e. The van der Waals surface area contributed by atoms with Gasteiger partial charge in [-0.3, -0.25) is 24.0 Å². The van der Waals surface area contributed by atoms with Gasteiger partial charge < -0.3 is 15.2 Å². The van der Waals surface area contributed by atoms with Crippen molar-refractivity contribution in [1.29, 1.82) is 0 Å². The maximum atomic E-state index is 13.4. The predicted octanol–water partition coefficient (Wildman–Crippen LogP) is 1.28. The number of esters is 1. The number of nitrogen functional groups attached to an aromatic ring is 1. The van der Waals surface area contributed by atoms with Crippen LogP contribution in [-0.4, -0.2) is 48.3 Å². The summed E-state index contributed by atoms with van der Waals surface area (Å²) in [6, 6.07) is 11.2. The first-order valence-electron chi connectivity index (χ1n) is 10.3. The van der Waals surface area contributed by atoms with Gasteiger partial charge in [-0.05, 0) is 23.8 Å². The number of benzene rings is 2. The molecule has 1 aromatic heterocycles. The topological polar surface area (TPSA) is 137 Å². The van der Waals surface area contributed by atoms with E-state index in [-0.39, 0.29) is 36.8 Å². The number of halogens is 2. The zero-order valence-electron chi connectivity index (χ0n) is 18.6. The van der Waals surface area contributed by atoms with Gasteiger partial charge in [-0.15, -0.1) is 0 Å². The summed E-state index contributed by atoms with van der Waals surface area (Å²) >= 11 is 0. The van der Waals surface area contributed by atoms with E-state index in [1.165, 1.54) is 7.11 Å². The standard InChI is InChI=1S/C23H22F2N4O6/c1-34-10-9-28(18(30)13-35-22(32)15-7-8-16(24)17(25)11-15)19-20(26)29(23(33)27-21(19)31)12-14-5-3-2-4-6-14/h2-8,11H,9-10,12-13,26H2,1H3,(H,27,31,33). The number of hydrogen-bond donors (Lipinski definition) is 2. The number of nitrogens with zero attached hydrogens (tertiary/aromatic N) is 2. The second kappa shape index (κ2) is 11.2. The number of carbonyl (C=O) groups excluding carboxylic acids is 2. The van der Waals surface area contributed by atoms with Crippen molar-refractivity contribution in [3.05, 3.63) is 92.1 Å². The van der Waals surface area contributed by atoms with E-state index in [9.17, 15) is 28.0 Å². The van der Waals surface area contributed by atoms with Crippen LogP contribution in [0.4, 0.5) is 20.3 Å². The van der Waals surface area contributed by atoms with Crippen LogP contribution in [0.5, 0.6) is 0 Å². The Bertz CT molecular complexity index is 1340. The zero-order chi connectivity index (χ0) is 25.5. The SMILES string of the molecule is COCCN(C(=O)COC(=O)c1ccc(F)c(F)c1)c1c(N)n(Cc2ccccc2)c(=O)[nH]c1=O. The van der Waals surface area contributed by atoms with E-state index in [4.69, 9.17) is 15.2 Å². The van der Waals surface area contributed by atoms with Crippen molar-refractivity contribution in [3.63, 3.8) is 0 Å². The Labute approximate surface area is 197 Å². The molecule has 0 saturated heterocycles. The number of carbonyl (C=O) groups is 2. The number of aromatic nitrogens is 2. The van der Waals surface area contributed by atoms with Crippen LogP contribution in [0.1, 0.15) is 15.9 Å². The number of anilines is 2. The first kappa shape index (κ1) is 25.3. The van der Waals surface area contributed by atoms with Gasteiger partial charge in [0.25, 0.3) is 11.5 Å². The molecule has 3 rings (SSSR count). The Balaban J connectivity index is 1.89. The van der Waals surface area contributed by atoms with Crippen molar-refractivity contribution in [2.24, 2.45) is 0 Å². The molecule has 0 bridgehead atoms. The zero-order valence-corrected chi connectivity index (χ0v) is 18.6. The molecule has 0 saturated carbocycles. The van der Waals surface area contributed by atoms with E-state index >= 15 is 0 Å². The van der Waals surface area contributed by atoms with Crippen molar-refractivity contribution in [2.45, 2.75) is 6.54 Å². The van der Waals surface area contributed by atoms with Crippen molar-refractivity contribution >= 4 is 23.4 Å². The van der Waals surface area contributed by atoms with Gasteiger partial charge in [-0.1, -0.05) is 30.3 Å². The number of rotatable bonds is 9. The fourth-order valence-electron chi connectivity index (χ4n) is 3.22. The lowest BCUT2D eigenvalue weighted by Gasteiger charge is -2.24. The maximum absolute atomic E-state index is 13.4. The Hall–Kier alpha value is -4.32. The highest BCUT2D eigenvalue weighted by Gasteiger charge is 2.25. The highest BCUT2D eigenvalue weighted by Crippen LogP contribution is 2.18. The first-order valence-corrected chi connectivity index (χ1v) is 10.3. The van der Waals surface area contributed by atoms with Crippen molar-refractivity contribution in [3.8, 4) is 0 Å². The molecule has 12 heteroatoms. The maximum Gasteiger partial charge on any atom is 0.338 e. The quantitative estimate of drug-likeness (QED) is 0.433. The highest BCUT2D eigenvalue weighted by molar-refractivity contribution is 5.98. The molecule has 0 spiro atoms. The molecule has 0 aliphatic rings. The lowest BCUT2D eigenvalue weighted by Crippen LogP contribution is -2.44. The molecule has 1 amide bonds. The molecule has 3 aromatic rings. The molecule has 0 unspecified atom stereocenters. The third kappa shape index (κ3) is 5.98. The second-order valence-electron chi connectivity index (χ2n) is 7.31. The number of nitrogens with one attached hydrogen (secondary N) is 1. The summed E-state index contributed by atoms with van der Waals surface area (Å²) < 4.78 is 37.5. The van der Waals surface area contributed by atoms with Crippen LogP contribution in [0.3, 0.4) is 0 Å². The fraction of sp³-hybridized carbons (Fsp3) is 0.217. The van der Waals surface area contributed by atoms with Crippen LogP contribution in [0.2, 0.25) is 0 Å². The summed E-state index contributed by atoms with van der Waals surface area (Å²) in [6.45, 7) is -1.00. The van der Waals surface area contributed by atoms with Crippen LogP contribution in [-0.2, 0) is 20.8 Å². The average molecular weight is 488 g/mol. The van der Waals surface area contributed by atoms with Crippen molar-refractivity contribution in [1.82, 2.24) is 9.55 Å². The summed E-state index contributed by atoms with van der Waals surface area (Å²) in [6.07, 6.45) is 0. The summed E-state index contributed by atoms with van der Waals surface area (Å²) in [5, 5.41) is 0. The molecule has 184 valence electrons. The van der Waals surface area contributed by atoms with E-state index < -0.39 is 41.4 Å². The molecule has 0 aliphatic carbocycles. The Morgan fingerprint density at radius 2 is 1.80 bits per heavy atom. The molecule has 1 heterocycles. The minimum atomic E-state index is -1.26. The third-order valence-electron chi connectivity index (χ3n) is 4.97. The summed E-state index contributed by atoms with van der Waals surface area (Å²) in [4.78, 5) is 53.2. The second-order valence-corrected chi connectivity index (χ2v) is 7.31. The van der Waals surface area contributed by atoms with Gasteiger partial charge >= 0.3 is 11.7 Å². The van der Waals surface area contributed by atoms with Gasteiger partial charge in [-0.2, -0.15) is 0 Å². The normalized spacial score (nSPS) is 10.7.